The fourth-order valence-electron chi connectivity index (χ4n) is 1.55. The minimum absolute atomic E-state index is 0.245. The van der Waals surface area contributed by atoms with Gasteiger partial charge in [-0.05, 0) is 19.1 Å². The lowest BCUT2D eigenvalue weighted by Gasteiger charge is -2.12. The van der Waals surface area contributed by atoms with Gasteiger partial charge >= 0.3 is 0 Å². The number of aromatic nitrogens is 2. The van der Waals surface area contributed by atoms with Gasteiger partial charge in [0.25, 0.3) is 0 Å². The van der Waals surface area contributed by atoms with Gasteiger partial charge in [0.15, 0.2) is 0 Å². The Hall–Kier alpha value is -0.840. The third-order valence-corrected chi connectivity index (χ3v) is 4.28. The zero-order chi connectivity index (χ0) is 14.0. The van der Waals surface area contributed by atoms with Gasteiger partial charge in [-0.2, -0.15) is 0 Å². The molecule has 0 amide bonds. The molecular weight excluding hydrogens is 301 g/mol. The first-order valence-electron chi connectivity index (χ1n) is 5.99. The zero-order valence-corrected chi connectivity index (χ0v) is 13.3. The summed E-state index contributed by atoms with van der Waals surface area (Å²) < 4.78 is 0.789. The van der Waals surface area contributed by atoms with E-state index in [9.17, 15) is 0 Å². The molecule has 0 radical (unpaired) electrons. The predicted molar refractivity (Wildman–Crippen MR) is 82.5 cm³/mol. The summed E-state index contributed by atoms with van der Waals surface area (Å²) in [5, 5.41) is 3.80. The molecule has 102 valence electrons. The Labute approximate surface area is 127 Å². The molecule has 2 heterocycles. The van der Waals surface area contributed by atoms with Crippen molar-refractivity contribution in [1.29, 1.82) is 0 Å². The molecular formula is C13H15Cl2N3S. The van der Waals surface area contributed by atoms with Gasteiger partial charge in [0.1, 0.15) is 16.8 Å². The van der Waals surface area contributed by atoms with E-state index in [1.54, 1.807) is 11.3 Å². The first-order valence-corrected chi connectivity index (χ1v) is 7.56. The number of rotatable bonds is 4. The van der Waals surface area contributed by atoms with Gasteiger partial charge in [-0.1, -0.05) is 37.0 Å². The van der Waals surface area contributed by atoms with E-state index < -0.39 is 0 Å². The van der Waals surface area contributed by atoms with Crippen LogP contribution in [0.2, 0.25) is 9.49 Å². The Balaban J connectivity index is 2.19. The molecule has 0 aliphatic heterocycles. The van der Waals surface area contributed by atoms with Crippen molar-refractivity contribution in [3.63, 3.8) is 0 Å². The van der Waals surface area contributed by atoms with Crippen molar-refractivity contribution in [1.82, 2.24) is 9.97 Å². The second-order valence-electron chi connectivity index (χ2n) is 4.56. The van der Waals surface area contributed by atoms with Crippen molar-refractivity contribution < 1.29 is 0 Å². The highest BCUT2D eigenvalue weighted by Crippen LogP contribution is 2.25. The standard InChI is InChI=1S/C13H15Cl2N3S/c1-7(2)12-17-11(15)8(3)13(18-12)16-6-9-4-5-10(14)19-9/h4-5,7H,6H2,1-3H3,(H,16,17,18). The molecule has 2 aromatic rings. The summed E-state index contributed by atoms with van der Waals surface area (Å²) in [6.07, 6.45) is 0. The summed E-state index contributed by atoms with van der Waals surface area (Å²) in [7, 11) is 0. The molecule has 0 aliphatic rings. The van der Waals surface area contributed by atoms with E-state index in [2.05, 4.69) is 15.3 Å². The molecule has 6 heteroatoms. The van der Waals surface area contributed by atoms with Gasteiger partial charge in [0.05, 0.1) is 10.9 Å². The quantitative estimate of drug-likeness (QED) is 0.816. The van der Waals surface area contributed by atoms with Gasteiger partial charge in [0, 0.05) is 16.4 Å². The highest BCUT2D eigenvalue weighted by molar-refractivity contribution is 7.16. The lowest BCUT2D eigenvalue weighted by atomic mass is 10.2. The Kier molecular flexibility index (Phi) is 4.66. The molecule has 2 rings (SSSR count). The van der Waals surface area contributed by atoms with E-state index >= 15 is 0 Å². The normalized spacial score (nSPS) is 11.1. The fraction of sp³-hybridized carbons (Fsp3) is 0.385. The maximum atomic E-state index is 6.14. The minimum Gasteiger partial charge on any atom is -0.365 e. The molecule has 0 saturated carbocycles. The second-order valence-corrected chi connectivity index (χ2v) is 6.72. The topological polar surface area (TPSA) is 37.8 Å². The Morgan fingerprint density at radius 2 is 2.00 bits per heavy atom. The van der Waals surface area contributed by atoms with Crippen LogP contribution in [0, 0.1) is 6.92 Å². The second kappa shape index (κ2) is 6.07. The van der Waals surface area contributed by atoms with Crippen LogP contribution in [0.25, 0.3) is 0 Å². The van der Waals surface area contributed by atoms with E-state index in [0.29, 0.717) is 11.7 Å². The number of nitrogens with zero attached hydrogens (tertiary/aromatic N) is 2. The first-order chi connectivity index (χ1) is 8.97. The van der Waals surface area contributed by atoms with Crippen LogP contribution >= 0.6 is 34.5 Å². The van der Waals surface area contributed by atoms with Crippen LogP contribution < -0.4 is 5.32 Å². The van der Waals surface area contributed by atoms with E-state index in [1.807, 2.05) is 32.9 Å². The lowest BCUT2D eigenvalue weighted by Crippen LogP contribution is -2.07. The summed E-state index contributed by atoms with van der Waals surface area (Å²) in [6.45, 7) is 6.69. The molecule has 0 saturated heterocycles. The van der Waals surface area contributed by atoms with Crippen molar-refractivity contribution >= 4 is 40.4 Å². The number of hydrogen-bond acceptors (Lipinski definition) is 4. The Morgan fingerprint density at radius 3 is 2.58 bits per heavy atom. The van der Waals surface area contributed by atoms with E-state index in [-0.39, 0.29) is 5.92 Å². The van der Waals surface area contributed by atoms with Crippen LogP contribution in [0.1, 0.15) is 36.0 Å². The van der Waals surface area contributed by atoms with Crippen molar-refractivity contribution in [3.8, 4) is 0 Å². The van der Waals surface area contributed by atoms with E-state index in [0.717, 1.165) is 26.4 Å². The molecule has 0 atom stereocenters. The van der Waals surface area contributed by atoms with Gasteiger partial charge in [-0.15, -0.1) is 11.3 Å². The molecule has 1 N–H and O–H groups in total. The molecule has 0 bridgehead atoms. The Bertz CT molecular complexity index is 581. The van der Waals surface area contributed by atoms with Crippen LogP contribution in [0.15, 0.2) is 12.1 Å². The molecule has 0 spiro atoms. The summed E-state index contributed by atoms with van der Waals surface area (Å²) in [4.78, 5) is 9.96. The molecule has 0 aliphatic carbocycles. The Morgan fingerprint density at radius 1 is 1.26 bits per heavy atom. The number of hydrogen-bond donors (Lipinski definition) is 1. The van der Waals surface area contributed by atoms with Crippen molar-refractivity contribution in [3.05, 3.63) is 37.9 Å². The van der Waals surface area contributed by atoms with Crippen LogP contribution in [-0.4, -0.2) is 9.97 Å². The maximum Gasteiger partial charge on any atom is 0.137 e. The molecule has 0 aromatic carbocycles. The molecule has 0 unspecified atom stereocenters. The number of anilines is 1. The lowest BCUT2D eigenvalue weighted by molar-refractivity contribution is 0.771. The zero-order valence-electron chi connectivity index (χ0n) is 11.0. The monoisotopic (exact) mass is 315 g/mol. The summed E-state index contributed by atoms with van der Waals surface area (Å²) in [5.74, 6) is 1.78. The third kappa shape index (κ3) is 3.59. The van der Waals surface area contributed by atoms with Crippen LogP contribution in [0.3, 0.4) is 0 Å². The highest BCUT2D eigenvalue weighted by atomic mass is 35.5. The van der Waals surface area contributed by atoms with Gasteiger partial charge in [0.2, 0.25) is 0 Å². The number of halogens is 2. The fourth-order valence-corrected chi connectivity index (χ4v) is 2.76. The van der Waals surface area contributed by atoms with Crippen LogP contribution in [-0.2, 0) is 6.54 Å². The average molecular weight is 316 g/mol. The van der Waals surface area contributed by atoms with E-state index in [1.165, 1.54) is 0 Å². The van der Waals surface area contributed by atoms with Gasteiger partial charge < -0.3 is 5.32 Å². The SMILES string of the molecule is Cc1c(Cl)nc(C(C)C)nc1NCc1ccc(Cl)s1. The van der Waals surface area contributed by atoms with Gasteiger partial charge in [-0.3, -0.25) is 0 Å². The summed E-state index contributed by atoms with van der Waals surface area (Å²) in [5.41, 5.74) is 0.869. The first kappa shape index (κ1) is 14.6. The van der Waals surface area contributed by atoms with Crippen molar-refractivity contribution in [2.24, 2.45) is 0 Å². The number of nitrogens with one attached hydrogen (secondary N) is 1. The smallest absolute Gasteiger partial charge is 0.137 e. The number of thiophene rings is 1. The van der Waals surface area contributed by atoms with Gasteiger partial charge in [-0.25, -0.2) is 9.97 Å². The van der Waals surface area contributed by atoms with E-state index in [4.69, 9.17) is 23.2 Å². The van der Waals surface area contributed by atoms with Crippen LogP contribution in [0.5, 0.6) is 0 Å². The predicted octanol–water partition coefficient (Wildman–Crippen LogP) is 4.89. The van der Waals surface area contributed by atoms with Crippen molar-refractivity contribution in [2.75, 3.05) is 5.32 Å². The van der Waals surface area contributed by atoms with Crippen LogP contribution in [0.4, 0.5) is 5.82 Å². The molecule has 2 aromatic heterocycles. The van der Waals surface area contributed by atoms with Crippen molar-refractivity contribution in [2.45, 2.75) is 33.2 Å². The minimum atomic E-state index is 0.245. The summed E-state index contributed by atoms with van der Waals surface area (Å²) >= 11 is 13.6. The average Bonchev–Trinajstić information content (AvgIpc) is 2.76. The highest BCUT2D eigenvalue weighted by Gasteiger charge is 2.11. The molecule has 0 fully saturated rings. The summed E-state index contributed by atoms with van der Waals surface area (Å²) in [6, 6.07) is 3.89. The molecule has 3 nitrogen and oxygen atoms in total. The maximum absolute atomic E-state index is 6.14. The third-order valence-electron chi connectivity index (χ3n) is 2.68. The molecule has 19 heavy (non-hydrogen) atoms. The largest absolute Gasteiger partial charge is 0.365 e.